The molecule has 0 aromatic rings. The minimum absolute atomic E-state index is 0. The Labute approximate surface area is 62.4 Å². The van der Waals surface area contributed by atoms with Crippen molar-refractivity contribution >= 4 is 22.7 Å². The first-order chi connectivity index (χ1) is 2.91. The largest absolute Gasteiger partial charge is 0.307 e. The molecule has 0 saturated heterocycles. The van der Waals surface area contributed by atoms with Crippen LogP contribution in [0.3, 0.4) is 0 Å². The molecule has 0 aliphatic heterocycles. The number of halogens is 1. The van der Waals surface area contributed by atoms with E-state index in [0.29, 0.717) is 0 Å². The van der Waals surface area contributed by atoms with Crippen LogP contribution in [0.15, 0.2) is 17.3 Å². The van der Waals surface area contributed by atoms with E-state index in [-0.39, 0.29) is 17.4 Å². The fourth-order valence-electron chi connectivity index (χ4n) is 0. The van der Waals surface area contributed by atoms with Crippen LogP contribution in [0.1, 0.15) is 0 Å². The molecule has 0 aromatic carbocycles. The van der Waals surface area contributed by atoms with Crippen molar-refractivity contribution < 1.29 is 22.2 Å². The zero-order valence-corrected chi connectivity index (χ0v) is 6.55. The standard InChI is InChI=1S/C3H3Br.CH2O.Cr/c1-2-3-4;1-2;/h3H,1H2;1H2;. The van der Waals surface area contributed by atoms with Crippen molar-refractivity contribution in [2.24, 2.45) is 0 Å². The molecule has 0 bridgehead atoms. The summed E-state index contributed by atoms with van der Waals surface area (Å²) in [4.78, 5) is 9.58. The Kier molecular flexibility index (Phi) is 77.6. The maximum Gasteiger partial charge on any atom is 0.106 e. The van der Waals surface area contributed by atoms with Crippen molar-refractivity contribution in [3.8, 4) is 0 Å². The Morgan fingerprint density at radius 2 is 1.71 bits per heavy atom. The average molecular weight is 201 g/mol. The normalized spacial score (nSPS) is 3.00. The summed E-state index contributed by atoms with van der Waals surface area (Å²) < 4.78 is 0. The van der Waals surface area contributed by atoms with E-state index in [1.54, 1.807) is 4.99 Å². The first kappa shape index (κ1) is 15.7. The van der Waals surface area contributed by atoms with Crippen LogP contribution in [-0.2, 0) is 22.2 Å². The minimum Gasteiger partial charge on any atom is -0.307 e. The number of rotatable bonds is 0. The smallest absolute Gasteiger partial charge is 0.106 e. The second kappa shape index (κ2) is 34.6. The van der Waals surface area contributed by atoms with E-state index in [9.17, 15) is 0 Å². The van der Waals surface area contributed by atoms with Crippen molar-refractivity contribution in [2.75, 3.05) is 0 Å². The van der Waals surface area contributed by atoms with Gasteiger partial charge in [0.05, 0.1) is 0 Å². The van der Waals surface area contributed by atoms with Crippen LogP contribution in [0.5, 0.6) is 0 Å². The van der Waals surface area contributed by atoms with Crippen LogP contribution in [-0.4, -0.2) is 6.79 Å². The minimum atomic E-state index is 0. The molecular formula is C4H5BrCrO. The summed E-state index contributed by atoms with van der Waals surface area (Å²) in [6.45, 7) is 5.25. The summed E-state index contributed by atoms with van der Waals surface area (Å²) in [7, 11) is 0. The summed E-state index contributed by atoms with van der Waals surface area (Å²) >= 11 is 2.95. The van der Waals surface area contributed by atoms with Crippen molar-refractivity contribution in [1.82, 2.24) is 0 Å². The molecule has 0 heterocycles. The molecule has 0 amide bonds. The fourth-order valence-corrected chi connectivity index (χ4v) is 0. The Morgan fingerprint density at radius 1 is 1.57 bits per heavy atom. The Hall–Kier alpha value is 0.202. The molecule has 0 spiro atoms. The van der Waals surface area contributed by atoms with Gasteiger partial charge in [0, 0.05) is 22.3 Å². The molecule has 0 unspecified atom stereocenters. The summed E-state index contributed by atoms with van der Waals surface area (Å²) in [5, 5.41) is 0. The van der Waals surface area contributed by atoms with E-state index < -0.39 is 0 Å². The van der Waals surface area contributed by atoms with Crippen LogP contribution in [0.25, 0.3) is 0 Å². The quantitative estimate of drug-likeness (QED) is 0.542. The zero-order valence-electron chi connectivity index (χ0n) is 3.69. The Bertz CT molecular complexity index is 58.7. The summed E-state index contributed by atoms with van der Waals surface area (Å²) in [5.41, 5.74) is 2.47. The predicted octanol–water partition coefficient (Wildman–Crippen LogP) is 1.49. The summed E-state index contributed by atoms with van der Waals surface area (Å²) in [6.07, 6.45) is 0. The molecule has 3 heteroatoms. The Morgan fingerprint density at radius 3 is 1.71 bits per heavy atom. The number of carbonyl (C=O) groups excluding carboxylic acids is 1. The molecule has 0 fully saturated rings. The van der Waals surface area contributed by atoms with Gasteiger partial charge < -0.3 is 4.79 Å². The second-order valence-corrected chi connectivity index (χ2v) is 0.771. The SMILES string of the molecule is C=C=CBr.C=O.[Cr]. The average Bonchev–Trinajstić information content (AvgIpc) is 1.72. The van der Waals surface area contributed by atoms with Gasteiger partial charge in [-0.15, -0.1) is 5.73 Å². The van der Waals surface area contributed by atoms with Crippen LogP contribution in [0.2, 0.25) is 0 Å². The molecule has 0 N–H and O–H groups in total. The van der Waals surface area contributed by atoms with Crippen LogP contribution < -0.4 is 0 Å². The molecule has 0 aliphatic rings. The van der Waals surface area contributed by atoms with Crippen molar-refractivity contribution in [3.63, 3.8) is 0 Å². The van der Waals surface area contributed by atoms with Gasteiger partial charge in [0.15, 0.2) is 0 Å². The Balaban J connectivity index is -0.0000000480. The molecule has 0 radical (unpaired) electrons. The van der Waals surface area contributed by atoms with Crippen LogP contribution >= 0.6 is 15.9 Å². The molecule has 7 heavy (non-hydrogen) atoms. The van der Waals surface area contributed by atoms with Gasteiger partial charge in [-0.1, -0.05) is 22.5 Å². The molecular weight excluding hydrogens is 196 g/mol. The number of hydrogen-bond acceptors (Lipinski definition) is 1. The first-order valence-corrected chi connectivity index (χ1v) is 2.06. The molecule has 40 valence electrons. The fraction of sp³-hybridized carbons (Fsp3) is 0. The monoisotopic (exact) mass is 200 g/mol. The molecule has 0 aromatic heterocycles. The van der Waals surface area contributed by atoms with Gasteiger partial charge in [-0.05, 0) is 0 Å². The third-order valence-corrected chi connectivity index (χ3v) is 0.401. The molecule has 0 rings (SSSR count). The van der Waals surface area contributed by atoms with E-state index >= 15 is 0 Å². The van der Waals surface area contributed by atoms with Gasteiger partial charge >= 0.3 is 0 Å². The van der Waals surface area contributed by atoms with E-state index in [0.717, 1.165) is 0 Å². The van der Waals surface area contributed by atoms with Gasteiger partial charge in [0.2, 0.25) is 0 Å². The van der Waals surface area contributed by atoms with Crippen molar-refractivity contribution in [1.29, 1.82) is 0 Å². The van der Waals surface area contributed by atoms with E-state index in [4.69, 9.17) is 4.79 Å². The zero-order chi connectivity index (χ0) is 5.41. The number of hydrogen-bond donors (Lipinski definition) is 0. The predicted molar refractivity (Wildman–Crippen MR) is 29.8 cm³/mol. The topological polar surface area (TPSA) is 17.1 Å². The second-order valence-electron chi connectivity index (χ2n) is 0.313. The van der Waals surface area contributed by atoms with Gasteiger partial charge in [0.25, 0.3) is 0 Å². The van der Waals surface area contributed by atoms with E-state index in [1.807, 2.05) is 6.79 Å². The molecule has 1 nitrogen and oxygen atoms in total. The van der Waals surface area contributed by atoms with Crippen molar-refractivity contribution in [2.45, 2.75) is 0 Å². The van der Waals surface area contributed by atoms with Gasteiger partial charge in [-0.2, -0.15) is 0 Å². The van der Waals surface area contributed by atoms with Crippen molar-refractivity contribution in [3.05, 3.63) is 17.3 Å². The summed E-state index contributed by atoms with van der Waals surface area (Å²) in [6, 6.07) is 0. The number of carbonyl (C=O) groups is 1. The third kappa shape index (κ3) is 75.8. The third-order valence-electron chi connectivity index (χ3n) is 0.0772. The van der Waals surface area contributed by atoms with Crippen LogP contribution in [0.4, 0.5) is 0 Å². The van der Waals surface area contributed by atoms with Gasteiger partial charge in [0.1, 0.15) is 6.79 Å². The first-order valence-electron chi connectivity index (χ1n) is 1.15. The molecule has 0 atom stereocenters. The maximum absolute atomic E-state index is 8.00. The van der Waals surface area contributed by atoms with Crippen LogP contribution in [0, 0.1) is 0 Å². The van der Waals surface area contributed by atoms with Gasteiger partial charge in [-0.3, -0.25) is 0 Å². The van der Waals surface area contributed by atoms with Gasteiger partial charge in [-0.25, -0.2) is 0 Å². The molecule has 0 aliphatic carbocycles. The van der Waals surface area contributed by atoms with E-state index in [1.165, 1.54) is 0 Å². The summed E-state index contributed by atoms with van der Waals surface area (Å²) in [5.74, 6) is 0. The van der Waals surface area contributed by atoms with E-state index in [2.05, 4.69) is 28.2 Å². The maximum atomic E-state index is 8.00. The molecule has 0 saturated carbocycles.